The number of carbonyl (C=O) groups excluding carboxylic acids is 2. The van der Waals surface area contributed by atoms with E-state index in [1.807, 2.05) is 47.6 Å². The summed E-state index contributed by atoms with van der Waals surface area (Å²) in [4.78, 5) is 29.0. The normalized spacial score (nSPS) is 34.9. The number of carbonyl (C=O) groups is 2. The van der Waals surface area contributed by atoms with Gasteiger partial charge in [0.15, 0.2) is 22.8 Å². The van der Waals surface area contributed by atoms with Crippen LogP contribution < -0.4 is 9.47 Å². The molecule has 2 unspecified atom stereocenters. The standard InChI is InChI=1S/C30H38O7/c1-10-27(4,5)21-17(31)14-18(34-8)20-23(32)22-24(35-9)16-13-19-28(6,7)37-29(26(16)33,12-11-15(2)3)30(19,22)36-25(20)21/h10-11,14,16,19,22,24,31H,1,12-13H2,2-9H3/t16-,19-,22?,24-,29-,30?/m0/s1. The van der Waals surface area contributed by atoms with Crippen molar-refractivity contribution in [2.45, 2.75) is 82.7 Å². The zero-order valence-electron chi connectivity index (χ0n) is 23.1. The Morgan fingerprint density at radius 2 is 1.95 bits per heavy atom. The van der Waals surface area contributed by atoms with Gasteiger partial charge in [0.05, 0.1) is 24.7 Å². The maximum absolute atomic E-state index is 14.7. The van der Waals surface area contributed by atoms with Crippen LogP contribution in [0.4, 0.5) is 0 Å². The summed E-state index contributed by atoms with van der Waals surface area (Å²) in [6.45, 7) is 15.7. The number of benzene rings is 1. The van der Waals surface area contributed by atoms with Gasteiger partial charge in [-0.05, 0) is 34.1 Å². The summed E-state index contributed by atoms with van der Waals surface area (Å²) >= 11 is 0. The highest BCUT2D eigenvalue weighted by Gasteiger charge is 2.85. The molecule has 1 aromatic rings. The number of ketones is 2. The number of aromatic hydroxyl groups is 1. The number of methoxy groups -OCH3 is 2. The van der Waals surface area contributed by atoms with Gasteiger partial charge >= 0.3 is 0 Å². The van der Waals surface area contributed by atoms with E-state index in [4.69, 9.17) is 18.9 Å². The van der Waals surface area contributed by atoms with Crippen LogP contribution in [0.25, 0.3) is 0 Å². The van der Waals surface area contributed by atoms with E-state index in [-0.39, 0.29) is 46.7 Å². The molecule has 3 saturated carbocycles. The van der Waals surface area contributed by atoms with Crippen molar-refractivity contribution in [3.05, 3.63) is 41.5 Å². The van der Waals surface area contributed by atoms with Crippen LogP contribution in [-0.4, -0.2) is 53.8 Å². The van der Waals surface area contributed by atoms with E-state index in [0.717, 1.165) is 5.57 Å². The molecule has 200 valence electrons. The third kappa shape index (κ3) is 3.01. The fraction of sp³-hybridized carbons (Fsp3) is 0.600. The minimum atomic E-state index is -1.37. The third-order valence-corrected chi connectivity index (χ3v) is 9.31. The van der Waals surface area contributed by atoms with Crippen LogP contribution in [0.3, 0.4) is 0 Å². The molecule has 6 atom stereocenters. The first-order valence-electron chi connectivity index (χ1n) is 13.0. The van der Waals surface area contributed by atoms with Crippen molar-refractivity contribution in [1.82, 2.24) is 0 Å². The lowest BCUT2D eigenvalue weighted by atomic mass is 9.45. The molecule has 0 amide bonds. The first-order valence-corrected chi connectivity index (χ1v) is 13.0. The summed E-state index contributed by atoms with van der Waals surface area (Å²) in [7, 11) is 3.01. The molecule has 5 aliphatic rings. The Hall–Kier alpha value is -2.64. The van der Waals surface area contributed by atoms with Crippen molar-refractivity contribution in [1.29, 1.82) is 0 Å². The molecule has 0 radical (unpaired) electrons. The van der Waals surface area contributed by atoms with Crippen LogP contribution in [0.15, 0.2) is 30.4 Å². The molecule has 1 aromatic carbocycles. The molecular formula is C30H38O7. The van der Waals surface area contributed by atoms with Crippen molar-refractivity contribution >= 4 is 11.6 Å². The highest BCUT2D eigenvalue weighted by molar-refractivity contribution is 6.09. The molecule has 2 aliphatic heterocycles. The summed E-state index contributed by atoms with van der Waals surface area (Å²) in [5.74, 6) is -1.42. The lowest BCUT2D eigenvalue weighted by Gasteiger charge is -2.62. The molecular weight excluding hydrogens is 472 g/mol. The van der Waals surface area contributed by atoms with E-state index >= 15 is 0 Å². The van der Waals surface area contributed by atoms with E-state index in [1.165, 1.54) is 13.2 Å². The first-order chi connectivity index (χ1) is 17.2. The Kier molecular flexibility index (Phi) is 5.57. The Morgan fingerprint density at radius 3 is 2.51 bits per heavy atom. The van der Waals surface area contributed by atoms with Crippen molar-refractivity contribution in [2.24, 2.45) is 17.8 Å². The maximum atomic E-state index is 14.7. The number of phenolic OH excluding ortho intramolecular Hbond substituents is 1. The van der Waals surface area contributed by atoms with E-state index in [2.05, 4.69) is 6.58 Å². The summed E-state index contributed by atoms with van der Waals surface area (Å²) in [6, 6.07) is 1.46. The quantitative estimate of drug-likeness (QED) is 0.543. The number of hydrogen-bond acceptors (Lipinski definition) is 7. The summed E-state index contributed by atoms with van der Waals surface area (Å²) in [5, 5.41) is 11.2. The predicted molar refractivity (Wildman–Crippen MR) is 138 cm³/mol. The van der Waals surface area contributed by atoms with Gasteiger partial charge in [-0.3, -0.25) is 9.59 Å². The molecule has 3 aliphatic carbocycles. The van der Waals surface area contributed by atoms with Crippen LogP contribution in [0.2, 0.25) is 0 Å². The van der Waals surface area contributed by atoms with E-state index < -0.39 is 40.2 Å². The second-order valence-electron chi connectivity index (χ2n) is 12.3. The third-order valence-electron chi connectivity index (χ3n) is 9.31. The molecule has 6 rings (SSSR count). The number of allylic oxidation sites excluding steroid dienone is 2. The molecule has 1 spiro atoms. The van der Waals surface area contributed by atoms with Gasteiger partial charge in [0.25, 0.3) is 0 Å². The molecule has 2 heterocycles. The fourth-order valence-corrected chi connectivity index (χ4v) is 7.67. The van der Waals surface area contributed by atoms with Gasteiger partial charge in [0.1, 0.15) is 22.8 Å². The van der Waals surface area contributed by atoms with Crippen LogP contribution in [0.1, 0.15) is 70.3 Å². The van der Waals surface area contributed by atoms with Crippen LogP contribution in [0, 0.1) is 17.8 Å². The van der Waals surface area contributed by atoms with Gasteiger partial charge in [-0.1, -0.05) is 31.6 Å². The lowest BCUT2D eigenvalue weighted by Crippen LogP contribution is -2.80. The Morgan fingerprint density at radius 1 is 1.27 bits per heavy atom. The summed E-state index contributed by atoms with van der Waals surface area (Å²) < 4.78 is 25.4. The Balaban J connectivity index is 1.90. The number of hydrogen-bond donors (Lipinski definition) is 1. The number of phenols is 1. The predicted octanol–water partition coefficient (Wildman–Crippen LogP) is 4.93. The van der Waals surface area contributed by atoms with Gasteiger partial charge < -0.3 is 24.1 Å². The zero-order chi connectivity index (χ0) is 27.3. The van der Waals surface area contributed by atoms with Crippen LogP contribution in [0.5, 0.6) is 17.2 Å². The largest absolute Gasteiger partial charge is 0.507 e. The van der Waals surface area contributed by atoms with Gasteiger partial charge in [-0.15, -0.1) is 6.58 Å². The van der Waals surface area contributed by atoms with Gasteiger partial charge in [-0.2, -0.15) is 0 Å². The summed E-state index contributed by atoms with van der Waals surface area (Å²) in [6.07, 6.45) is 3.83. The average molecular weight is 511 g/mol. The molecule has 1 N–H and O–H groups in total. The van der Waals surface area contributed by atoms with Crippen molar-refractivity contribution in [3.8, 4) is 17.2 Å². The lowest BCUT2D eigenvalue weighted by molar-refractivity contribution is -0.224. The fourth-order valence-electron chi connectivity index (χ4n) is 7.67. The van der Waals surface area contributed by atoms with E-state index in [1.54, 1.807) is 13.2 Å². The maximum Gasteiger partial charge on any atom is 0.180 e. The number of rotatable bonds is 6. The number of Topliss-reactive ketones (excluding diaryl/α,β-unsaturated/α-hetero) is 2. The van der Waals surface area contributed by atoms with Crippen molar-refractivity contribution in [2.75, 3.05) is 14.2 Å². The minimum Gasteiger partial charge on any atom is -0.507 e. The molecule has 7 nitrogen and oxygen atoms in total. The molecule has 0 aromatic heterocycles. The van der Waals surface area contributed by atoms with Gasteiger partial charge in [0, 0.05) is 42.4 Å². The molecule has 7 heteroatoms. The molecule has 4 bridgehead atoms. The van der Waals surface area contributed by atoms with E-state index in [0.29, 0.717) is 12.0 Å². The smallest absolute Gasteiger partial charge is 0.180 e. The van der Waals surface area contributed by atoms with E-state index in [9.17, 15) is 14.7 Å². The number of fused-ring (bicyclic) bond motifs is 1. The minimum absolute atomic E-state index is 0.0619. The summed E-state index contributed by atoms with van der Waals surface area (Å²) in [5.41, 5.74) is -2.43. The molecule has 1 saturated heterocycles. The second-order valence-corrected chi connectivity index (χ2v) is 12.3. The van der Waals surface area contributed by atoms with Crippen LogP contribution >= 0.6 is 0 Å². The highest BCUT2D eigenvalue weighted by atomic mass is 16.6. The van der Waals surface area contributed by atoms with Crippen molar-refractivity contribution in [3.63, 3.8) is 0 Å². The van der Waals surface area contributed by atoms with Gasteiger partial charge in [-0.25, -0.2) is 0 Å². The van der Waals surface area contributed by atoms with Crippen molar-refractivity contribution < 1.29 is 33.6 Å². The monoisotopic (exact) mass is 510 g/mol. The zero-order valence-corrected chi connectivity index (χ0v) is 23.1. The second kappa shape index (κ2) is 7.93. The topological polar surface area (TPSA) is 91.3 Å². The molecule has 4 fully saturated rings. The van der Waals surface area contributed by atoms with Crippen LogP contribution in [-0.2, 0) is 19.7 Å². The number of ether oxygens (including phenoxy) is 4. The average Bonchev–Trinajstić information content (AvgIpc) is 2.97. The molecule has 37 heavy (non-hydrogen) atoms. The first kappa shape index (κ1) is 26.0. The Labute approximate surface area is 218 Å². The Bertz CT molecular complexity index is 1240. The SMILES string of the molecule is C=CC(C)(C)c1c(O)cc(OC)c2c1OC13C(C2=O)[C@@H](OC)[C@@H]2C[C@H]1C(C)(C)O[C@@]3(CC=C(C)C)C2=O. The highest BCUT2D eigenvalue weighted by Crippen LogP contribution is 2.70. The van der Waals surface area contributed by atoms with Gasteiger partial charge in [0.2, 0.25) is 0 Å².